The summed E-state index contributed by atoms with van der Waals surface area (Å²) in [6, 6.07) is 8.37. The van der Waals surface area contributed by atoms with Crippen LogP contribution in [0.5, 0.6) is 5.75 Å². The standard InChI is InChI=1S/C16H23NO2/c1-2-4-16-15(3-1)14(7-10-19-16)12-18-11-13-5-8-17-9-6-13/h1-4,13-14,17H,5-12H2. The summed E-state index contributed by atoms with van der Waals surface area (Å²) in [5.41, 5.74) is 1.32. The maximum Gasteiger partial charge on any atom is 0.122 e. The molecule has 2 heterocycles. The minimum Gasteiger partial charge on any atom is -0.493 e. The molecule has 1 saturated heterocycles. The average molecular weight is 261 g/mol. The van der Waals surface area contributed by atoms with E-state index in [2.05, 4.69) is 23.5 Å². The molecule has 0 amide bonds. The lowest BCUT2D eigenvalue weighted by molar-refractivity contribution is 0.0690. The van der Waals surface area contributed by atoms with Gasteiger partial charge in [0.15, 0.2) is 0 Å². The van der Waals surface area contributed by atoms with Gasteiger partial charge in [-0.2, -0.15) is 0 Å². The molecule has 104 valence electrons. The average Bonchev–Trinajstić information content (AvgIpc) is 2.49. The number of rotatable bonds is 4. The van der Waals surface area contributed by atoms with Crippen LogP contribution in [0.3, 0.4) is 0 Å². The molecule has 2 aliphatic heterocycles. The summed E-state index contributed by atoms with van der Waals surface area (Å²) in [5.74, 6) is 2.30. The quantitative estimate of drug-likeness (QED) is 0.903. The van der Waals surface area contributed by atoms with Gasteiger partial charge in [0.25, 0.3) is 0 Å². The maximum absolute atomic E-state index is 5.99. The van der Waals surface area contributed by atoms with Crippen LogP contribution >= 0.6 is 0 Å². The number of fused-ring (bicyclic) bond motifs is 1. The fourth-order valence-electron chi connectivity index (χ4n) is 3.01. The lowest BCUT2D eigenvalue weighted by Crippen LogP contribution is -2.30. The van der Waals surface area contributed by atoms with Gasteiger partial charge in [0.05, 0.1) is 13.2 Å². The molecule has 3 heteroatoms. The van der Waals surface area contributed by atoms with Gasteiger partial charge in [0.2, 0.25) is 0 Å². The highest BCUT2D eigenvalue weighted by atomic mass is 16.5. The first-order chi connectivity index (χ1) is 9.43. The van der Waals surface area contributed by atoms with Gasteiger partial charge in [-0.15, -0.1) is 0 Å². The first-order valence-corrected chi connectivity index (χ1v) is 7.43. The maximum atomic E-state index is 5.99. The molecule has 3 rings (SSSR count). The fourth-order valence-corrected chi connectivity index (χ4v) is 3.01. The molecule has 0 aromatic heterocycles. The van der Waals surface area contributed by atoms with Crippen molar-refractivity contribution in [1.82, 2.24) is 5.32 Å². The van der Waals surface area contributed by atoms with Crippen LogP contribution in [0.15, 0.2) is 24.3 Å². The molecule has 0 bridgehead atoms. The Morgan fingerprint density at radius 3 is 2.84 bits per heavy atom. The Hall–Kier alpha value is -1.06. The Morgan fingerprint density at radius 1 is 1.11 bits per heavy atom. The molecular weight excluding hydrogens is 238 g/mol. The van der Waals surface area contributed by atoms with Gasteiger partial charge in [-0.25, -0.2) is 0 Å². The summed E-state index contributed by atoms with van der Waals surface area (Å²) in [7, 11) is 0. The van der Waals surface area contributed by atoms with Gasteiger partial charge in [-0.3, -0.25) is 0 Å². The topological polar surface area (TPSA) is 30.5 Å². The lowest BCUT2D eigenvalue weighted by atomic mass is 9.94. The third-order valence-electron chi connectivity index (χ3n) is 4.21. The zero-order valence-corrected chi connectivity index (χ0v) is 11.4. The largest absolute Gasteiger partial charge is 0.493 e. The SMILES string of the molecule is c1ccc2c(c1)OCCC2COCC1CCNCC1. The molecule has 3 nitrogen and oxygen atoms in total. The first kappa shape index (κ1) is 12.9. The van der Waals surface area contributed by atoms with E-state index in [0.717, 1.165) is 51.0 Å². The lowest BCUT2D eigenvalue weighted by Gasteiger charge is -2.27. The Kier molecular flexibility index (Phi) is 4.36. The number of nitrogens with one attached hydrogen (secondary N) is 1. The highest BCUT2D eigenvalue weighted by molar-refractivity contribution is 5.37. The van der Waals surface area contributed by atoms with Gasteiger partial charge >= 0.3 is 0 Å². The van der Waals surface area contributed by atoms with Crippen molar-refractivity contribution in [2.24, 2.45) is 5.92 Å². The third-order valence-corrected chi connectivity index (χ3v) is 4.21. The molecule has 1 N–H and O–H groups in total. The first-order valence-electron chi connectivity index (χ1n) is 7.43. The summed E-state index contributed by atoms with van der Waals surface area (Å²) < 4.78 is 11.7. The molecule has 1 fully saturated rings. The zero-order valence-electron chi connectivity index (χ0n) is 11.4. The Morgan fingerprint density at radius 2 is 1.95 bits per heavy atom. The zero-order chi connectivity index (χ0) is 12.9. The second kappa shape index (κ2) is 6.40. The van der Waals surface area contributed by atoms with Crippen molar-refractivity contribution in [2.75, 3.05) is 32.9 Å². The summed E-state index contributed by atoms with van der Waals surface area (Å²) in [4.78, 5) is 0. The van der Waals surface area contributed by atoms with Gasteiger partial charge in [-0.05, 0) is 49.9 Å². The summed E-state index contributed by atoms with van der Waals surface area (Å²) in [5, 5.41) is 3.40. The van der Waals surface area contributed by atoms with Crippen LogP contribution in [0.2, 0.25) is 0 Å². The minimum atomic E-state index is 0.506. The summed E-state index contributed by atoms with van der Waals surface area (Å²) in [6.45, 7) is 4.87. The number of benzene rings is 1. The molecule has 0 radical (unpaired) electrons. The Balaban J connectivity index is 1.50. The highest BCUT2D eigenvalue weighted by Gasteiger charge is 2.21. The monoisotopic (exact) mass is 261 g/mol. The highest BCUT2D eigenvalue weighted by Crippen LogP contribution is 2.33. The molecule has 1 unspecified atom stereocenters. The summed E-state index contributed by atoms with van der Waals surface area (Å²) >= 11 is 0. The van der Waals surface area contributed by atoms with Crippen molar-refractivity contribution >= 4 is 0 Å². The fraction of sp³-hybridized carbons (Fsp3) is 0.625. The number of para-hydroxylation sites is 1. The van der Waals surface area contributed by atoms with E-state index in [1.54, 1.807) is 0 Å². The second-order valence-electron chi connectivity index (χ2n) is 5.60. The van der Waals surface area contributed by atoms with Crippen LogP contribution in [-0.2, 0) is 4.74 Å². The third kappa shape index (κ3) is 3.28. The van der Waals surface area contributed by atoms with Gasteiger partial charge in [0.1, 0.15) is 5.75 Å². The molecule has 1 aromatic rings. The molecule has 1 aromatic carbocycles. The Labute approximate surface area is 115 Å². The Bertz CT molecular complexity index is 401. The van der Waals surface area contributed by atoms with E-state index in [0.29, 0.717) is 5.92 Å². The predicted octanol–water partition coefficient (Wildman–Crippen LogP) is 2.57. The van der Waals surface area contributed by atoms with Crippen molar-refractivity contribution in [3.63, 3.8) is 0 Å². The van der Waals surface area contributed by atoms with Crippen LogP contribution in [0.1, 0.15) is 30.7 Å². The van der Waals surface area contributed by atoms with E-state index in [1.165, 1.54) is 18.4 Å². The number of hydrogen-bond donors (Lipinski definition) is 1. The van der Waals surface area contributed by atoms with Crippen LogP contribution in [-0.4, -0.2) is 32.9 Å². The van der Waals surface area contributed by atoms with Gasteiger partial charge in [-0.1, -0.05) is 18.2 Å². The number of piperidine rings is 1. The number of hydrogen-bond acceptors (Lipinski definition) is 3. The van der Waals surface area contributed by atoms with Crippen molar-refractivity contribution in [1.29, 1.82) is 0 Å². The molecule has 2 aliphatic rings. The van der Waals surface area contributed by atoms with E-state index in [-0.39, 0.29) is 0 Å². The van der Waals surface area contributed by atoms with Crippen molar-refractivity contribution in [2.45, 2.75) is 25.2 Å². The van der Waals surface area contributed by atoms with E-state index in [9.17, 15) is 0 Å². The van der Waals surface area contributed by atoms with Crippen LogP contribution in [0.4, 0.5) is 0 Å². The molecule has 0 spiro atoms. The van der Waals surface area contributed by atoms with Gasteiger partial charge < -0.3 is 14.8 Å². The van der Waals surface area contributed by atoms with Crippen LogP contribution in [0.25, 0.3) is 0 Å². The molecular formula is C16H23NO2. The molecule has 0 saturated carbocycles. The van der Waals surface area contributed by atoms with Gasteiger partial charge in [0, 0.05) is 12.5 Å². The molecule has 1 atom stereocenters. The minimum absolute atomic E-state index is 0.506. The van der Waals surface area contributed by atoms with Crippen LogP contribution < -0.4 is 10.1 Å². The van der Waals surface area contributed by atoms with Crippen molar-refractivity contribution in [3.05, 3.63) is 29.8 Å². The summed E-state index contributed by atoms with van der Waals surface area (Å²) in [6.07, 6.45) is 3.58. The van der Waals surface area contributed by atoms with Crippen LogP contribution in [0, 0.1) is 5.92 Å². The van der Waals surface area contributed by atoms with E-state index >= 15 is 0 Å². The molecule has 0 aliphatic carbocycles. The number of ether oxygens (including phenoxy) is 2. The van der Waals surface area contributed by atoms with Crippen molar-refractivity contribution in [3.8, 4) is 5.75 Å². The van der Waals surface area contributed by atoms with E-state index < -0.39 is 0 Å². The van der Waals surface area contributed by atoms with E-state index in [4.69, 9.17) is 9.47 Å². The smallest absolute Gasteiger partial charge is 0.122 e. The second-order valence-corrected chi connectivity index (χ2v) is 5.60. The predicted molar refractivity (Wildman–Crippen MR) is 75.7 cm³/mol. The normalized spacial score (nSPS) is 23.7. The van der Waals surface area contributed by atoms with Crippen molar-refractivity contribution < 1.29 is 9.47 Å². The molecule has 19 heavy (non-hydrogen) atoms. The van der Waals surface area contributed by atoms with E-state index in [1.807, 2.05) is 6.07 Å².